The SMILES string of the molecule is CCC(CC)C(O)CNc1nc2ccc(F)cn2n1. The van der Waals surface area contributed by atoms with Crippen LogP contribution < -0.4 is 5.32 Å². The van der Waals surface area contributed by atoms with Crippen molar-refractivity contribution in [3.05, 3.63) is 24.1 Å². The summed E-state index contributed by atoms with van der Waals surface area (Å²) >= 11 is 0. The normalized spacial score (nSPS) is 13.1. The quantitative estimate of drug-likeness (QED) is 0.840. The van der Waals surface area contributed by atoms with E-state index in [0.717, 1.165) is 12.8 Å². The molecule has 0 saturated heterocycles. The molecule has 1 atom stereocenters. The number of halogens is 1. The highest BCUT2D eigenvalue weighted by atomic mass is 19.1. The number of nitrogens with one attached hydrogen (secondary N) is 1. The molecule has 0 aliphatic rings. The summed E-state index contributed by atoms with van der Waals surface area (Å²) < 4.78 is 14.4. The van der Waals surface area contributed by atoms with Gasteiger partial charge in [-0.25, -0.2) is 8.91 Å². The number of aromatic nitrogens is 3. The minimum atomic E-state index is -0.432. The number of anilines is 1. The molecule has 0 fully saturated rings. The molecule has 0 radical (unpaired) electrons. The van der Waals surface area contributed by atoms with Crippen LogP contribution in [0.5, 0.6) is 0 Å². The zero-order valence-electron chi connectivity index (χ0n) is 11.2. The third-order valence-electron chi connectivity index (χ3n) is 3.36. The lowest BCUT2D eigenvalue weighted by atomic mass is 9.97. The molecule has 104 valence electrons. The van der Waals surface area contributed by atoms with E-state index in [1.807, 2.05) is 0 Å². The van der Waals surface area contributed by atoms with Crippen LogP contribution in [0.1, 0.15) is 26.7 Å². The molecule has 6 heteroatoms. The molecular formula is C13H19FN4O. The monoisotopic (exact) mass is 266 g/mol. The highest BCUT2D eigenvalue weighted by molar-refractivity contribution is 5.43. The van der Waals surface area contributed by atoms with Crippen LogP contribution in [-0.2, 0) is 0 Å². The van der Waals surface area contributed by atoms with Gasteiger partial charge in [0, 0.05) is 6.54 Å². The van der Waals surface area contributed by atoms with Crippen LogP contribution in [0, 0.1) is 11.7 Å². The van der Waals surface area contributed by atoms with E-state index < -0.39 is 6.10 Å². The van der Waals surface area contributed by atoms with Gasteiger partial charge in [0.15, 0.2) is 5.65 Å². The summed E-state index contributed by atoms with van der Waals surface area (Å²) in [5, 5.41) is 17.1. The first kappa shape index (κ1) is 13.7. The second-order valence-corrected chi connectivity index (χ2v) is 4.61. The molecule has 0 bridgehead atoms. The van der Waals surface area contributed by atoms with Gasteiger partial charge in [-0.3, -0.25) is 0 Å². The Morgan fingerprint density at radius 3 is 2.79 bits per heavy atom. The van der Waals surface area contributed by atoms with E-state index in [9.17, 15) is 9.50 Å². The number of fused-ring (bicyclic) bond motifs is 1. The standard InChI is InChI=1S/C13H19FN4O/c1-3-9(4-2)11(19)7-15-13-16-12-6-5-10(14)8-18(12)17-13/h5-6,8-9,11,19H,3-4,7H2,1-2H3,(H,15,17). The maximum absolute atomic E-state index is 13.0. The van der Waals surface area contributed by atoms with Gasteiger partial charge in [-0.1, -0.05) is 26.7 Å². The Labute approximate surface area is 111 Å². The summed E-state index contributed by atoms with van der Waals surface area (Å²) in [7, 11) is 0. The second kappa shape index (κ2) is 5.97. The minimum absolute atomic E-state index is 0.266. The number of hydrogen-bond donors (Lipinski definition) is 2. The molecule has 0 spiro atoms. The first-order chi connectivity index (χ1) is 9.13. The number of pyridine rings is 1. The molecule has 2 N–H and O–H groups in total. The number of rotatable bonds is 6. The van der Waals surface area contributed by atoms with E-state index >= 15 is 0 Å². The van der Waals surface area contributed by atoms with Gasteiger partial charge < -0.3 is 10.4 Å². The van der Waals surface area contributed by atoms with Gasteiger partial charge in [0.1, 0.15) is 5.82 Å². The minimum Gasteiger partial charge on any atom is -0.391 e. The van der Waals surface area contributed by atoms with Crippen molar-refractivity contribution in [1.82, 2.24) is 14.6 Å². The van der Waals surface area contributed by atoms with Gasteiger partial charge in [-0.05, 0) is 18.1 Å². The van der Waals surface area contributed by atoms with E-state index in [-0.39, 0.29) is 11.7 Å². The van der Waals surface area contributed by atoms with Crippen molar-refractivity contribution in [3.63, 3.8) is 0 Å². The van der Waals surface area contributed by atoms with E-state index in [4.69, 9.17) is 0 Å². The van der Waals surface area contributed by atoms with E-state index in [1.54, 1.807) is 6.07 Å². The Morgan fingerprint density at radius 1 is 1.37 bits per heavy atom. The Balaban J connectivity index is 2.01. The molecule has 0 aliphatic carbocycles. The molecule has 2 aromatic rings. The first-order valence-electron chi connectivity index (χ1n) is 6.58. The molecule has 1 unspecified atom stereocenters. The van der Waals surface area contributed by atoms with Crippen LogP contribution >= 0.6 is 0 Å². The summed E-state index contributed by atoms with van der Waals surface area (Å²) in [6.45, 7) is 4.51. The fourth-order valence-corrected chi connectivity index (χ4v) is 2.13. The van der Waals surface area contributed by atoms with Crippen LogP contribution in [0.3, 0.4) is 0 Å². The molecule has 2 heterocycles. The van der Waals surface area contributed by atoms with Crippen LogP contribution in [0.25, 0.3) is 5.65 Å². The zero-order chi connectivity index (χ0) is 13.8. The van der Waals surface area contributed by atoms with E-state index in [1.165, 1.54) is 16.8 Å². The van der Waals surface area contributed by atoms with Crippen molar-refractivity contribution in [2.24, 2.45) is 5.92 Å². The summed E-state index contributed by atoms with van der Waals surface area (Å²) in [5.74, 6) is 0.304. The van der Waals surface area contributed by atoms with Crippen molar-refractivity contribution >= 4 is 11.6 Å². The fraction of sp³-hybridized carbons (Fsp3) is 0.538. The van der Waals surface area contributed by atoms with Gasteiger partial charge in [-0.15, -0.1) is 5.10 Å². The largest absolute Gasteiger partial charge is 0.391 e. The summed E-state index contributed by atoms with van der Waals surface area (Å²) in [5.41, 5.74) is 0.570. The van der Waals surface area contributed by atoms with Gasteiger partial charge in [-0.2, -0.15) is 4.98 Å². The molecule has 2 rings (SSSR count). The average molecular weight is 266 g/mol. The number of nitrogens with zero attached hydrogens (tertiary/aromatic N) is 3. The van der Waals surface area contributed by atoms with Crippen molar-refractivity contribution in [3.8, 4) is 0 Å². The number of aliphatic hydroxyl groups is 1. The molecule has 0 amide bonds. The predicted molar refractivity (Wildman–Crippen MR) is 71.5 cm³/mol. The van der Waals surface area contributed by atoms with E-state index in [0.29, 0.717) is 18.1 Å². The molecule has 0 aliphatic heterocycles. The highest BCUT2D eigenvalue weighted by Crippen LogP contribution is 2.14. The van der Waals surface area contributed by atoms with Crippen LogP contribution in [0.2, 0.25) is 0 Å². The Hall–Kier alpha value is -1.69. The maximum atomic E-state index is 13.0. The van der Waals surface area contributed by atoms with Crippen LogP contribution in [0.15, 0.2) is 18.3 Å². The Kier molecular flexibility index (Phi) is 4.31. The topological polar surface area (TPSA) is 62.5 Å². The smallest absolute Gasteiger partial charge is 0.243 e. The molecule has 0 saturated carbocycles. The van der Waals surface area contributed by atoms with Crippen LogP contribution in [0.4, 0.5) is 10.3 Å². The Morgan fingerprint density at radius 2 is 2.11 bits per heavy atom. The van der Waals surface area contributed by atoms with Crippen LogP contribution in [-0.4, -0.2) is 32.4 Å². The summed E-state index contributed by atoms with van der Waals surface area (Å²) in [6, 6.07) is 2.90. The number of hydrogen-bond acceptors (Lipinski definition) is 4. The fourth-order valence-electron chi connectivity index (χ4n) is 2.13. The maximum Gasteiger partial charge on any atom is 0.243 e. The lowest BCUT2D eigenvalue weighted by Gasteiger charge is -2.19. The van der Waals surface area contributed by atoms with Gasteiger partial charge in [0.05, 0.1) is 12.3 Å². The molecule has 19 heavy (non-hydrogen) atoms. The summed E-state index contributed by atoms with van der Waals surface area (Å²) in [6.07, 6.45) is 2.70. The third-order valence-corrected chi connectivity index (χ3v) is 3.36. The molecule has 0 aromatic carbocycles. The second-order valence-electron chi connectivity index (χ2n) is 4.61. The van der Waals surface area contributed by atoms with Gasteiger partial charge in [0.2, 0.25) is 5.95 Å². The molecular weight excluding hydrogens is 247 g/mol. The molecule has 2 aromatic heterocycles. The van der Waals surface area contributed by atoms with Gasteiger partial charge in [0.25, 0.3) is 0 Å². The predicted octanol–water partition coefficient (Wildman–Crippen LogP) is 2.08. The van der Waals surface area contributed by atoms with Crippen molar-refractivity contribution in [2.75, 3.05) is 11.9 Å². The zero-order valence-corrected chi connectivity index (χ0v) is 11.2. The summed E-state index contributed by atoms with van der Waals surface area (Å²) in [4.78, 5) is 4.20. The lowest BCUT2D eigenvalue weighted by Crippen LogP contribution is -2.28. The van der Waals surface area contributed by atoms with E-state index in [2.05, 4.69) is 29.2 Å². The van der Waals surface area contributed by atoms with Gasteiger partial charge >= 0.3 is 0 Å². The van der Waals surface area contributed by atoms with Crippen molar-refractivity contribution < 1.29 is 9.50 Å². The number of aliphatic hydroxyl groups excluding tert-OH is 1. The first-order valence-corrected chi connectivity index (χ1v) is 6.58. The third kappa shape index (κ3) is 3.20. The molecule has 5 nitrogen and oxygen atoms in total. The van der Waals surface area contributed by atoms with Crippen molar-refractivity contribution in [1.29, 1.82) is 0 Å². The average Bonchev–Trinajstić information content (AvgIpc) is 2.79. The Bertz CT molecular complexity index is 538. The highest BCUT2D eigenvalue weighted by Gasteiger charge is 2.15. The lowest BCUT2D eigenvalue weighted by molar-refractivity contribution is 0.114. The van der Waals surface area contributed by atoms with Crippen molar-refractivity contribution in [2.45, 2.75) is 32.8 Å².